The number of rotatable bonds is 7. The summed E-state index contributed by atoms with van der Waals surface area (Å²) in [5.74, 6) is 0.823. The number of carbonyl (C=O) groups is 2. The molecule has 0 atom stereocenters. The van der Waals surface area contributed by atoms with Crippen molar-refractivity contribution < 1.29 is 22.3 Å². The Morgan fingerprint density at radius 2 is 1.70 bits per heavy atom. The minimum Gasteiger partial charge on any atom is -0.352 e. The molecule has 3 aromatic rings. The molecule has 3 amide bonds. The summed E-state index contributed by atoms with van der Waals surface area (Å²) in [7, 11) is -4.14. The van der Waals surface area contributed by atoms with Crippen molar-refractivity contribution in [1.29, 1.82) is 0 Å². The van der Waals surface area contributed by atoms with Gasteiger partial charge in [-0.25, -0.2) is 14.5 Å². The van der Waals surface area contributed by atoms with E-state index in [2.05, 4.69) is 15.4 Å². The number of benzene rings is 1. The molecule has 12 nitrogen and oxygen atoms in total. The lowest BCUT2D eigenvalue weighted by atomic mass is 9.92. The molecular formula is C30H38ClN7O5S. The van der Waals surface area contributed by atoms with E-state index in [9.17, 15) is 18.0 Å². The van der Waals surface area contributed by atoms with Gasteiger partial charge in [0.1, 0.15) is 5.82 Å². The number of anilines is 3. The van der Waals surface area contributed by atoms with Gasteiger partial charge in [0.25, 0.3) is 10.1 Å². The smallest absolute Gasteiger partial charge is 0.352 e. The first-order valence-electron chi connectivity index (χ1n) is 14.4. The van der Waals surface area contributed by atoms with Crippen LogP contribution in [0.2, 0.25) is 5.02 Å². The first-order chi connectivity index (χ1) is 20.5. The molecule has 1 aromatic carbocycles. The van der Waals surface area contributed by atoms with Gasteiger partial charge in [-0.05, 0) is 38.0 Å². The van der Waals surface area contributed by atoms with Crippen LogP contribution in [-0.2, 0) is 24.6 Å². The van der Waals surface area contributed by atoms with Crippen LogP contribution in [0.4, 0.5) is 22.1 Å². The monoisotopic (exact) mass is 643 g/mol. The van der Waals surface area contributed by atoms with Crippen LogP contribution in [0.15, 0.2) is 42.6 Å². The van der Waals surface area contributed by atoms with Crippen molar-refractivity contribution in [3.05, 3.63) is 58.9 Å². The van der Waals surface area contributed by atoms with Crippen LogP contribution in [0.1, 0.15) is 51.8 Å². The molecule has 14 heteroatoms. The normalized spacial score (nSPS) is 16.5. The van der Waals surface area contributed by atoms with Crippen LogP contribution in [0.3, 0.4) is 0 Å². The third-order valence-corrected chi connectivity index (χ3v) is 8.49. The van der Waals surface area contributed by atoms with E-state index in [1.165, 1.54) is 10.9 Å². The van der Waals surface area contributed by atoms with Crippen molar-refractivity contribution in [2.75, 3.05) is 47.7 Å². The molecule has 1 saturated carbocycles. The van der Waals surface area contributed by atoms with Crippen molar-refractivity contribution in [3.63, 3.8) is 0 Å². The highest BCUT2D eigenvalue weighted by Crippen LogP contribution is 2.46. The fourth-order valence-electron chi connectivity index (χ4n) is 4.88. The molecule has 1 aliphatic carbocycles. The number of halogens is 1. The van der Waals surface area contributed by atoms with Gasteiger partial charge in [0, 0.05) is 43.1 Å². The van der Waals surface area contributed by atoms with Crippen LogP contribution in [0.5, 0.6) is 0 Å². The Bertz CT molecular complexity index is 1670. The summed E-state index contributed by atoms with van der Waals surface area (Å²) < 4.78 is 31.3. The highest BCUT2D eigenvalue weighted by Gasteiger charge is 2.47. The maximum atomic E-state index is 13.6. The van der Waals surface area contributed by atoms with E-state index in [1.807, 2.05) is 68.7 Å². The quantitative estimate of drug-likeness (QED) is 0.360. The van der Waals surface area contributed by atoms with Gasteiger partial charge in [0.05, 0.1) is 34.5 Å². The Balaban J connectivity index is 1.38. The zero-order valence-electron chi connectivity index (χ0n) is 25.8. The fraction of sp³-hybridized carbons (Fsp3) is 0.467. The average molecular weight is 644 g/mol. The molecule has 5 rings (SSSR count). The molecule has 2 aliphatic rings. The number of urea groups is 1. The number of hydroxylamine groups is 1. The number of pyridine rings is 1. The molecule has 0 unspecified atom stereocenters. The zero-order valence-corrected chi connectivity index (χ0v) is 27.4. The standard InChI is InChI=1S/C30H38ClN7O5S/c1-20-7-9-22(10-8-20)37-25(18-24(34-37)29(2,3)4)38(43-44(6,41)42)28(40)33-21-17-23(31)26(32-19-21)35-13-15-36(16-14-35)27(39)30(5)11-12-30/h7-10,17-19H,11-16H2,1-6H3,(H,33,40). The van der Waals surface area contributed by atoms with E-state index in [4.69, 9.17) is 15.9 Å². The highest BCUT2D eigenvalue weighted by atomic mass is 35.5. The summed E-state index contributed by atoms with van der Waals surface area (Å²) in [6.07, 6.45) is 4.17. The first-order valence-corrected chi connectivity index (χ1v) is 16.6. The Hall–Kier alpha value is -3.68. The van der Waals surface area contributed by atoms with Crippen molar-refractivity contribution in [3.8, 4) is 5.69 Å². The molecule has 1 aliphatic heterocycles. The molecule has 0 spiro atoms. The lowest BCUT2D eigenvalue weighted by Crippen LogP contribution is -2.50. The second-order valence-electron chi connectivity index (χ2n) is 12.8. The molecule has 2 aromatic heterocycles. The van der Waals surface area contributed by atoms with E-state index in [1.54, 1.807) is 12.1 Å². The van der Waals surface area contributed by atoms with Gasteiger partial charge in [-0.15, -0.1) is 9.35 Å². The maximum absolute atomic E-state index is 13.6. The summed E-state index contributed by atoms with van der Waals surface area (Å²) in [6.45, 7) is 12.1. The van der Waals surface area contributed by atoms with Crippen molar-refractivity contribution in [1.82, 2.24) is 19.7 Å². The average Bonchev–Trinajstić information content (AvgIpc) is 3.53. The van der Waals surface area contributed by atoms with Crippen LogP contribution >= 0.6 is 11.6 Å². The Morgan fingerprint density at radius 1 is 1.07 bits per heavy atom. The number of hydrogen-bond donors (Lipinski definition) is 1. The van der Waals surface area contributed by atoms with Gasteiger partial charge in [-0.1, -0.05) is 57.0 Å². The summed E-state index contributed by atoms with van der Waals surface area (Å²) in [5.41, 5.74) is 1.86. The predicted molar refractivity (Wildman–Crippen MR) is 170 cm³/mol. The Morgan fingerprint density at radius 3 is 2.25 bits per heavy atom. The molecule has 236 valence electrons. The van der Waals surface area contributed by atoms with Gasteiger partial charge in [-0.2, -0.15) is 13.5 Å². The fourth-order valence-corrected chi connectivity index (χ4v) is 5.58. The number of carbonyl (C=O) groups excluding carboxylic acids is 2. The number of piperazine rings is 1. The number of hydrogen-bond acceptors (Lipinski definition) is 8. The lowest BCUT2D eigenvalue weighted by Gasteiger charge is -2.37. The second kappa shape index (κ2) is 11.7. The third kappa shape index (κ3) is 7.00. The van der Waals surface area contributed by atoms with Crippen LogP contribution in [0.25, 0.3) is 5.69 Å². The largest absolute Gasteiger partial charge is 0.353 e. The molecule has 0 bridgehead atoms. The van der Waals surface area contributed by atoms with Crippen LogP contribution < -0.4 is 15.3 Å². The third-order valence-electron chi connectivity index (χ3n) is 7.80. The van der Waals surface area contributed by atoms with Gasteiger partial charge >= 0.3 is 6.03 Å². The minimum absolute atomic E-state index is 0.0878. The van der Waals surface area contributed by atoms with Gasteiger partial charge in [0.15, 0.2) is 5.82 Å². The van der Waals surface area contributed by atoms with Crippen molar-refractivity contribution in [2.45, 2.75) is 52.9 Å². The molecule has 1 N–H and O–H groups in total. The van der Waals surface area contributed by atoms with E-state index in [0.29, 0.717) is 53.5 Å². The number of nitrogens with zero attached hydrogens (tertiary/aromatic N) is 6. The van der Waals surface area contributed by atoms with Crippen LogP contribution in [0, 0.1) is 12.3 Å². The second-order valence-corrected chi connectivity index (χ2v) is 14.7. The number of aryl methyl sites for hydroxylation is 1. The molecular weight excluding hydrogens is 606 g/mol. The summed E-state index contributed by atoms with van der Waals surface area (Å²) in [4.78, 5) is 34.7. The first kappa shape index (κ1) is 31.7. The van der Waals surface area contributed by atoms with E-state index >= 15 is 0 Å². The summed E-state index contributed by atoms with van der Waals surface area (Å²) in [6, 6.07) is 9.68. The Kier molecular flexibility index (Phi) is 8.42. The highest BCUT2D eigenvalue weighted by molar-refractivity contribution is 7.86. The van der Waals surface area contributed by atoms with Crippen LogP contribution in [-0.4, -0.2) is 72.5 Å². The predicted octanol–water partition coefficient (Wildman–Crippen LogP) is 4.91. The number of amides is 3. The molecule has 44 heavy (non-hydrogen) atoms. The van der Waals surface area contributed by atoms with E-state index in [0.717, 1.165) is 24.7 Å². The summed E-state index contributed by atoms with van der Waals surface area (Å²) >= 11 is 6.61. The Labute approximate surface area is 263 Å². The van der Waals surface area contributed by atoms with Gasteiger partial charge in [0.2, 0.25) is 5.91 Å². The SMILES string of the molecule is Cc1ccc(-n2nc(C(C)(C)C)cc2N(OS(C)(=O)=O)C(=O)Nc2cnc(N3CCN(C(=O)C4(C)CC4)CC3)c(Cl)c2)cc1. The zero-order chi connectivity index (χ0) is 32.0. The topological polar surface area (TPSA) is 130 Å². The number of aromatic nitrogens is 3. The van der Waals surface area contributed by atoms with Crippen molar-refractivity contribution in [2.24, 2.45) is 5.41 Å². The number of nitrogens with one attached hydrogen (secondary N) is 1. The van der Waals surface area contributed by atoms with Gasteiger partial charge < -0.3 is 15.1 Å². The van der Waals surface area contributed by atoms with E-state index in [-0.39, 0.29) is 22.8 Å². The minimum atomic E-state index is -4.14. The molecule has 2 fully saturated rings. The molecule has 0 radical (unpaired) electrons. The lowest BCUT2D eigenvalue weighted by molar-refractivity contribution is -0.136. The van der Waals surface area contributed by atoms with E-state index < -0.39 is 21.6 Å². The summed E-state index contributed by atoms with van der Waals surface area (Å²) in [5, 5.41) is 8.30. The molecule has 3 heterocycles. The maximum Gasteiger partial charge on any atom is 0.353 e. The van der Waals surface area contributed by atoms with Gasteiger partial charge in [-0.3, -0.25) is 4.79 Å². The molecule has 1 saturated heterocycles. The van der Waals surface area contributed by atoms with Crippen molar-refractivity contribution >= 4 is 51.0 Å².